The second-order valence-electron chi connectivity index (χ2n) is 3.57. The molecule has 6 heteroatoms. The van der Waals surface area contributed by atoms with Crippen LogP contribution in [-0.4, -0.2) is 24.4 Å². The minimum Gasteiger partial charge on any atom is -0.349 e. The first-order valence-corrected chi connectivity index (χ1v) is 5.94. The molecular weight excluding hydrogens is 253 g/mol. The van der Waals surface area contributed by atoms with Gasteiger partial charge in [0.2, 0.25) is 0 Å². The number of rotatable bonds is 7. The number of halogens is 1. The summed E-state index contributed by atoms with van der Waals surface area (Å²) in [6, 6.07) is 3.72. The van der Waals surface area contributed by atoms with Gasteiger partial charge in [-0.05, 0) is 32.1 Å². The van der Waals surface area contributed by atoms with Crippen molar-refractivity contribution in [2.24, 2.45) is 0 Å². The molecule has 1 aromatic carbocycles. The van der Waals surface area contributed by atoms with Crippen molar-refractivity contribution in [2.75, 3.05) is 13.2 Å². The van der Waals surface area contributed by atoms with Crippen LogP contribution in [0.3, 0.4) is 0 Å². The van der Waals surface area contributed by atoms with Gasteiger partial charge < -0.3 is 9.47 Å². The highest BCUT2D eigenvalue weighted by Crippen LogP contribution is 2.23. The van der Waals surface area contributed by atoms with Gasteiger partial charge in [-0.2, -0.15) is 0 Å². The Morgan fingerprint density at radius 2 is 2.00 bits per heavy atom. The summed E-state index contributed by atoms with van der Waals surface area (Å²) >= 11 is 0. The SMILES string of the molecule is CCOC(/C=C/c1c(F)cccc1[N+](=O)[O-])OCC. The second-order valence-corrected chi connectivity index (χ2v) is 3.57. The van der Waals surface area contributed by atoms with E-state index in [1.807, 2.05) is 0 Å². The first-order chi connectivity index (χ1) is 9.10. The summed E-state index contributed by atoms with van der Waals surface area (Å²) in [5.41, 5.74) is -0.375. The Bertz CT molecular complexity index is 456. The highest BCUT2D eigenvalue weighted by molar-refractivity contribution is 5.61. The fourth-order valence-electron chi connectivity index (χ4n) is 1.51. The first-order valence-electron chi connectivity index (χ1n) is 5.94. The van der Waals surface area contributed by atoms with Crippen molar-refractivity contribution < 1.29 is 18.8 Å². The van der Waals surface area contributed by atoms with Crippen molar-refractivity contribution in [1.29, 1.82) is 0 Å². The summed E-state index contributed by atoms with van der Waals surface area (Å²) in [6.07, 6.45) is 2.12. The van der Waals surface area contributed by atoms with Gasteiger partial charge in [0.15, 0.2) is 6.29 Å². The average molecular weight is 269 g/mol. The van der Waals surface area contributed by atoms with Gasteiger partial charge in [0.25, 0.3) is 5.69 Å². The van der Waals surface area contributed by atoms with Crippen molar-refractivity contribution in [2.45, 2.75) is 20.1 Å². The summed E-state index contributed by atoms with van der Waals surface area (Å²) in [5, 5.41) is 10.8. The minimum absolute atomic E-state index is 0.0862. The molecule has 0 bridgehead atoms. The lowest BCUT2D eigenvalue weighted by molar-refractivity contribution is -0.385. The van der Waals surface area contributed by atoms with Crippen molar-refractivity contribution in [3.8, 4) is 0 Å². The van der Waals surface area contributed by atoms with E-state index in [2.05, 4.69) is 0 Å². The molecule has 0 aromatic heterocycles. The molecule has 0 heterocycles. The normalized spacial score (nSPS) is 11.4. The highest BCUT2D eigenvalue weighted by atomic mass is 19.1. The fraction of sp³-hybridized carbons (Fsp3) is 0.385. The molecule has 0 fully saturated rings. The van der Waals surface area contributed by atoms with Crippen molar-refractivity contribution in [1.82, 2.24) is 0 Å². The molecule has 0 N–H and O–H groups in total. The van der Waals surface area contributed by atoms with E-state index in [4.69, 9.17) is 9.47 Å². The molecule has 0 atom stereocenters. The Morgan fingerprint density at radius 3 is 2.53 bits per heavy atom. The Labute approximate surface area is 110 Å². The van der Waals surface area contributed by atoms with Crippen LogP contribution in [-0.2, 0) is 9.47 Å². The number of hydrogen-bond donors (Lipinski definition) is 0. The Kier molecular flexibility index (Phi) is 6.11. The van der Waals surface area contributed by atoms with E-state index in [9.17, 15) is 14.5 Å². The molecule has 1 rings (SSSR count). The standard InChI is InChI=1S/C13H16FNO4/c1-3-18-13(19-4-2)9-8-10-11(14)6-5-7-12(10)15(16)17/h5-9,13H,3-4H2,1-2H3/b9-8+. The molecule has 0 spiro atoms. The molecule has 19 heavy (non-hydrogen) atoms. The van der Waals surface area contributed by atoms with Crippen LogP contribution >= 0.6 is 0 Å². The van der Waals surface area contributed by atoms with E-state index >= 15 is 0 Å². The molecule has 0 unspecified atom stereocenters. The lowest BCUT2D eigenvalue weighted by Crippen LogP contribution is -2.14. The summed E-state index contributed by atoms with van der Waals surface area (Å²) in [5.74, 6) is -0.655. The summed E-state index contributed by atoms with van der Waals surface area (Å²) in [7, 11) is 0. The van der Waals surface area contributed by atoms with Crippen LogP contribution in [0.2, 0.25) is 0 Å². The lowest BCUT2D eigenvalue weighted by Gasteiger charge is -2.12. The van der Waals surface area contributed by atoms with E-state index in [1.165, 1.54) is 30.4 Å². The molecule has 104 valence electrons. The van der Waals surface area contributed by atoms with E-state index in [-0.39, 0.29) is 11.3 Å². The molecule has 0 aliphatic heterocycles. The molecule has 0 radical (unpaired) electrons. The number of nitro groups is 1. The van der Waals surface area contributed by atoms with E-state index in [0.717, 1.165) is 0 Å². The van der Waals surface area contributed by atoms with Gasteiger partial charge in [-0.3, -0.25) is 10.1 Å². The molecule has 0 aliphatic carbocycles. The predicted octanol–water partition coefficient (Wildman–Crippen LogP) is 3.15. The summed E-state index contributed by atoms with van der Waals surface area (Å²) < 4.78 is 24.1. The number of hydrogen-bond acceptors (Lipinski definition) is 4. The van der Waals surface area contributed by atoms with Crippen LogP contribution in [0.5, 0.6) is 0 Å². The molecule has 0 amide bonds. The van der Waals surface area contributed by atoms with Crippen LogP contribution in [0.15, 0.2) is 24.3 Å². The second kappa shape index (κ2) is 7.60. The van der Waals surface area contributed by atoms with Crippen LogP contribution in [0.25, 0.3) is 6.08 Å². The Balaban J connectivity index is 2.99. The lowest BCUT2D eigenvalue weighted by atomic mass is 10.1. The third kappa shape index (κ3) is 4.42. The molecule has 0 saturated heterocycles. The van der Waals surface area contributed by atoms with E-state index < -0.39 is 17.0 Å². The van der Waals surface area contributed by atoms with Gasteiger partial charge in [0.05, 0.1) is 10.5 Å². The van der Waals surface area contributed by atoms with E-state index in [1.54, 1.807) is 13.8 Å². The number of benzene rings is 1. The van der Waals surface area contributed by atoms with Crippen LogP contribution in [0, 0.1) is 15.9 Å². The third-order valence-corrected chi connectivity index (χ3v) is 2.31. The quantitative estimate of drug-likeness (QED) is 0.433. The maximum absolute atomic E-state index is 13.6. The maximum atomic E-state index is 13.6. The number of ether oxygens (including phenoxy) is 2. The molecule has 1 aromatic rings. The van der Waals surface area contributed by atoms with E-state index in [0.29, 0.717) is 13.2 Å². The third-order valence-electron chi connectivity index (χ3n) is 2.31. The van der Waals surface area contributed by atoms with Gasteiger partial charge >= 0.3 is 0 Å². The molecule has 0 aliphatic rings. The Hall–Kier alpha value is -1.79. The maximum Gasteiger partial charge on any atom is 0.279 e. The van der Waals surface area contributed by atoms with Crippen LogP contribution in [0.4, 0.5) is 10.1 Å². The number of nitro benzene ring substituents is 1. The molecule has 5 nitrogen and oxygen atoms in total. The van der Waals surface area contributed by atoms with Crippen molar-refractivity contribution >= 4 is 11.8 Å². The van der Waals surface area contributed by atoms with Gasteiger partial charge in [-0.1, -0.05) is 6.07 Å². The first kappa shape index (κ1) is 15.3. The zero-order valence-electron chi connectivity index (χ0n) is 10.8. The molecule has 0 saturated carbocycles. The molecular formula is C13H16FNO4. The zero-order chi connectivity index (χ0) is 14.3. The van der Waals surface area contributed by atoms with Gasteiger partial charge in [-0.25, -0.2) is 4.39 Å². The summed E-state index contributed by atoms with van der Waals surface area (Å²) in [4.78, 5) is 10.2. The van der Waals surface area contributed by atoms with Crippen molar-refractivity contribution in [3.05, 3.63) is 45.8 Å². The smallest absolute Gasteiger partial charge is 0.279 e. The average Bonchev–Trinajstić information content (AvgIpc) is 2.37. The minimum atomic E-state index is -0.655. The fourth-order valence-corrected chi connectivity index (χ4v) is 1.51. The number of nitrogens with zero attached hydrogens (tertiary/aromatic N) is 1. The monoisotopic (exact) mass is 269 g/mol. The zero-order valence-corrected chi connectivity index (χ0v) is 10.8. The topological polar surface area (TPSA) is 61.6 Å². The van der Waals surface area contributed by atoms with Gasteiger partial charge in [0.1, 0.15) is 5.82 Å². The Morgan fingerprint density at radius 1 is 1.37 bits per heavy atom. The van der Waals surface area contributed by atoms with Crippen LogP contribution < -0.4 is 0 Å². The highest BCUT2D eigenvalue weighted by Gasteiger charge is 2.15. The van der Waals surface area contributed by atoms with Gasteiger partial charge in [-0.15, -0.1) is 0 Å². The van der Waals surface area contributed by atoms with Crippen LogP contribution in [0.1, 0.15) is 19.4 Å². The summed E-state index contributed by atoms with van der Waals surface area (Å²) in [6.45, 7) is 4.44. The predicted molar refractivity (Wildman–Crippen MR) is 69.1 cm³/mol. The van der Waals surface area contributed by atoms with Gasteiger partial charge in [0, 0.05) is 19.3 Å². The van der Waals surface area contributed by atoms with Crippen molar-refractivity contribution in [3.63, 3.8) is 0 Å². The largest absolute Gasteiger partial charge is 0.349 e.